The second kappa shape index (κ2) is 6.87. The molecule has 1 atom stereocenters. The zero-order valence-corrected chi connectivity index (χ0v) is 14.9. The Morgan fingerprint density at radius 3 is 2.36 bits per heavy atom. The van der Waals surface area contributed by atoms with Crippen LogP contribution in [0.5, 0.6) is 0 Å². The summed E-state index contributed by atoms with van der Waals surface area (Å²) in [6.07, 6.45) is 5.12. The first kappa shape index (κ1) is 17.7. The van der Waals surface area contributed by atoms with Gasteiger partial charge in [-0.15, -0.1) is 0 Å². The minimum Gasteiger partial charge on any atom is -0.341 e. The molecular formula is C16H30N2O3S. The number of carbonyl (C=O) groups excluding carboxylic acids is 1. The van der Waals surface area contributed by atoms with Crippen molar-refractivity contribution >= 4 is 15.7 Å². The Balaban J connectivity index is 2.17. The molecule has 2 aliphatic heterocycles. The minimum atomic E-state index is -3.41. The lowest BCUT2D eigenvalue weighted by Crippen LogP contribution is -2.58. The van der Waals surface area contributed by atoms with Crippen LogP contribution in [0.15, 0.2) is 0 Å². The smallest absolute Gasteiger partial charge is 0.244 e. The molecule has 2 rings (SSSR count). The summed E-state index contributed by atoms with van der Waals surface area (Å²) in [6.45, 7) is 7.06. The SMILES string of the molecule is CC(C)C1CCCN(C(=O)C2(S(C)(=O)=O)CCNCC2)CC1. The molecule has 6 heteroatoms. The maximum Gasteiger partial charge on any atom is 0.244 e. The highest BCUT2D eigenvalue weighted by Gasteiger charge is 2.50. The Kier molecular flexibility index (Phi) is 5.54. The van der Waals surface area contributed by atoms with Crippen LogP contribution in [0.4, 0.5) is 0 Å². The topological polar surface area (TPSA) is 66.5 Å². The van der Waals surface area contributed by atoms with Crippen molar-refractivity contribution in [3.05, 3.63) is 0 Å². The monoisotopic (exact) mass is 330 g/mol. The fraction of sp³-hybridized carbons (Fsp3) is 0.938. The van der Waals surface area contributed by atoms with Gasteiger partial charge in [-0.3, -0.25) is 4.79 Å². The van der Waals surface area contributed by atoms with Gasteiger partial charge in [0.2, 0.25) is 5.91 Å². The van der Waals surface area contributed by atoms with E-state index in [2.05, 4.69) is 19.2 Å². The summed E-state index contributed by atoms with van der Waals surface area (Å²) < 4.78 is 23.6. The third kappa shape index (κ3) is 3.48. The average molecular weight is 330 g/mol. The maximum absolute atomic E-state index is 13.1. The number of sulfone groups is 1. The number of nitrogens with zero attached hydrogens (tertiary/aromatic N) is 1. The zero-order valence-electron chi connectivity index (χ0n) is 14.1. The van der Waals surface area contributed by atoms with Crippen molar-refractivity contribution in [2.45, 2.75) is 50.7 Å². The van der Waals surface area contributed by atoms with Crippen molar-refractivity contribution in [3.63, 3.8) is 0 Å². The van der Waals surface area contributed by atoms with E-state index in [-0.39, 0.29) is 5.91 Å². The van der Waals surface area contributed by atoms with E-state index in [1.807, 2.05) is 4.90 Å². The van der Waals surface area contributed by atoms with Crippen LogP contribution in [0, 0.1) is 11.8 Å². The van der Waals surface area contributed by atoms with E-state index in [9.17, 15) is 13.2 Å². The molecule has 2 aliphatic rings. The number of hydrogen-bond donors (Lipinski definition) is 1. The number of piperidine rings is 1. The van der Waals surface area contributed by atoms with Gasteiger partial charge in [-0.2, -0.15) is 0 Å². The Morgan fingerprint density at radius 2 is 1.82 bits per heavy atom. The molecule has 0 aromatic carbocycles. The number of carbonyl (C=O) groups is 1. The molecule has 0 spiro atoms. The molecule has 1 unspecified atom stereocenters. The quantitative estimate of drug-likeness (QED) is 0.850. The first-order valence-corrected chi connectivity index (χ1v) is 10.4. The minimum absolute atomic E-state index is 0.152. The molecule has 0 saturated carbocycles. The van der Waals surface area contributed by atoms with E-state index in [1.165, 1.54) is 6.26 Å². The van der Waals surface area contributed by atoms with Gasteiger partial charge >= 0.3 is 0 Å². The van der Waals surface area contributed by atoms with E-state index in [4.69, 9.17) is 0 Å². The Morgan fingerprint density at radius 1 is 1.18 bits per heavy atom. The molecule has 0 aliphatic carbocycles. The highest BCUT2D eigenvalue weighted by molar-refractivity contribution is 7.92. The lowest BCUT2D eigenvalue weighted by Gasteiger charge is -2.38. The number of amides is 1. The molecule has 2 heterocycles. The van der Waals surface area contributed by atoms with Crippen molar-refractivity contribution in [2.24, 2.45) is 11.8 Å². The second-order valence-corrected chi connectivity index (χ2v) is 9.57. The first-order valence-electron chi connectivity index (χ1n) is 8.47. The predicted octanol–water partition coefficient (Wildman–Crippen LogP) is 1.44. The van der Waals surface area contributed by atoms with Gasteiger partial charge in [0.1, 0.15) is 0 Å². The van der Waals surface area contributed by atoms with Crippen LogP contribution < -0.4 is 5.32 Å². The molecule has 0 radical (unpaired) electrons. The molecule has 0 aromatic heterocycles. The Labute approximate surface area is 134 Å². The van der Waals surface area contributed by atoms with Crippen LogP contribution in [-0.4, -0.2) is 56.4 Å². The molecule has 128 valence electrons. The molecule has 0 bridgehead atoms. The van der Waals surface area contributed by atoms with Gasteiger partial charge in [-0.05, 0) is 57.0 Å². The van der Waals surface area contributed by atoms with Crippen LogP contribution in [-0.2, 0) is 14.6 Å². The number of likely N-dealkylation sites (tertiary alicyclic amines) is 1. The number of rotatable bonds is 3. The van der Waals surface area contributed by atoms with Crippen LogP contribution in [0.3, 0.4) is 0 Å². The summed E-state index contributed by atoms with van der Waals surface area (Å²) in [5.41, 5.74) is 0. The average Bonchev–Trinajstić information content (AvgIpc) is 2.72. The van der Waals surface area contributed by atoms with Crippen LogP contribution >= 0.6 is 0 Å². The first-order chi connectivity index (χ1) is 10.3. The van der Waals surface area contributed by atoms with E-state index in [0.717, 1.165) is 19.3 Å². The fourth-order valence-electron chi connectivity index (χ4n) is 3.85. The molecule has 5 nitrogen and oxygen atoms in total. The van der Waals surface area contributed by atoms with Gasteiger partial charge in [0, 0.05) is 19.3 Å². The summed E-state index contributed by atoms with van der Waals surface area (Å²) in [6, 6.07) is 0. The normalized spacial score (nSPS) is 26.7. The van der Waals surface area contributed by atoms with Gasteiger partial charge in [0.25, 0.3) is 0 Å². The zero-order chi connectivity index (χ0) is 16.4. The highest BCUT2D eigenvalue weighted by Crippen LogP contribution is 2.32. The summed E-state index contributed by atoms with van der Waals surface area (Å²) in [7, 11) is -3.41. The van der Waals surface area contributed by atoms with Crippen LogP contribution in [0.25, 0.3) is 0 Å². The lowest BCUT2D eigenvalue weighted by molar-refractivity contribution is -0.134. The molecule has 2 fully saturated rings. The number of nitrogens with one attached hydrogen (secondary N) is 1. The lowest BCUT2D eigenvalue weighted by atomic mass is 9.89. The molecule has 1 amide bonds. The van der Waals surface area contributed by atoms with Crippen molar-refractivity contribution in [1.82, 2.24) is 10.2 Å². The van der Waals surface area contributed by atoms with Crippen molar-refractivity contribution in [3.8, 4) is 0 Å². The van der Waals surface area contributed by atoms with Crippen LogP contribution in [0.1, 0.15) is 46.0 Å². The van der Waals surface area contributed by atoms with Crippen molar-refractivity contribution in [2.75, 3.05) is 32.4 Å². The van der Waals surface area contributed by atoms with Crippen molar-refractivity contribution < 1.29 is 13.2 Å². The molecule has 0 aromatic rings. The molecule has 22 heavy (non-hydrogen) atoms. The van der Waals surface area contributed by atoms with Crippen LogP contribution in [0.2, 0.25) is 0 Å². The van der Waals surface area contributed by atoms with E-state index < -0.39 is 14.6 Å². The third-order valence-electron chi connectivity index (χ3n) is 5.51. The van der Waals surface area contributed by atoms with E-state index in [0.29, 0.717) is 50.9 Å². The summed E-state index contributed by atoms with van der Waals surface area (Å²) in [5.74, 6) is 1.11. The second-order valence-electron chi connectivity index (χ2n) is 7.24. The highest BCUT2D eigenvalue weighted by atomic mass is 32.2. The Hall–Kier alpha value is -0.620. The molecule has 2 saturated heterocycles. The van der Waals surface area contributed by atoms with Gasteiger partial charge in [0.15, 0.2) is 14.6 Å². The van der Waals surface area contributed by atoms with E-state index >= 15 is 0 Å². The maximum atomic E-state index is 13.1. The van der Waals surface area contributed by atoms with Gasteiger partial charge in [-0.25, -0.2) is 8.42 Å². The third-order valence-corrected chi connectivity index (χ3v) is 7.52. The van der Waals surface area contributed by atoms with Crippen molar-refractivity contribution in [1.29, 1.82) is 0 Å². The summed E-state index contributed by atoms with van der Waals surface area (Å²) >= 11 is 0. The Bertz CT molecular complexity index is 496. The predicted molar refractivity (Wildman–Crippen MR) is 88.4 cm³/mol. The summed E-state index contributed by atoms with van der Waals surface area (Å²) in [4.78, 5) is 14.9. The van der Waals surface area contributed by atoms with E-state index in [1.54, 1.807) is 0 Å². The molecular weight excluding hydrogens is 300 g/mol. The van der Waals surface area contributed by atoms with Gasteiger partial charge < -0.3 is 10.2 Å². The fourth-order valence-corrected chi connectivity index (χ4v) is 5.25. The number of hydrogen-bond acceptors (Lipinski definition) is 4. The standard InChI is InChI=1S/C16H30N2O3S/c1-13(2)14-5-4-11-18(12-6-14)15(19)16(22(3,20)21)7-9-17-10-8-16/h13-14,17H,4-12H2,1-3H3. The molecule has 1 N–H and O–H groups in total. The largest absolute Gasteiger partial charge is 0.341 e. The van der Waals surface area contributed by atoms with Gasteiger partial charge in [0.05, 0.1) is 0 Å². The van der Waals surface area contributed by atoms with Gasteiger partial charge in [-0.1, -0.05) is 13.8 Å². The summed E-state index contributed by atoms with van der Waals surface area (Å²) in [5, 5.41) is 3.17.